The molecule has 3 rings (SSSR count). The quantitative estimate of drug-likeness (QED) is 0.822. The molecule has 0 bridgehead atoms. The zero-order valence-corrected chi connectivity index (χ0v) is 13.5. The molecule has 2 aromatic rings. The van der Waals surface area contributed by atoms with Crippen LogP contribution in [0.2, 0.25) is 0 Å². The Balaban J connectivity index is 1.80. The first-order valence-electron chi connectivity index (χ1n) is 8.37. The van der Waals surface area contributed by atoms with Crippen molar-refractivity contribution in [2.24, 2.45) is 5.92 Å². The predicted octanol–water partition coefficient (Wildman–Crippen LogP) is 3.93. The maximum Gasteiger partial charge on any atom is 0.174 e. The minimum Gasteiger partial charge on any atom is -0.491 e. The van der Waals surface area contributed by atoms with E-state index in [2.05, 4.69) is 12.2 Å². The molecular weight excluding hydrogens is 286 g/mol. The molecule has 1 N–H and O–H groups in total. The van der Waals surface area contributed by atoms with Gasteiger partial charge in [-0.3, -0.25) is 4.79 Å². The van der Waals surface area contributed by atoms with Gasteiger partial charge in [-0.2, -0.15) is 0 Å². The zero-order valence-electron chi connectivity index (χ0n) is 13.5. The van der Waals surface area contributed by atoms with Crippen LogP contribution < -0.4 is 10.1 Å². The monoisotopic (exact) mass is 309 g/mol. The fourth-order valence-corrected chi connectivity index (χ4v) is 2.94. The van der Waals surface area contributed by atoms with Gasteiger partial charge in [0.1, 0.15) is 5.75 Å². The molecule has 0 aliphatic carbocycles. The minimum absolute atomic E-state index is 0.0922. The van der Waals surface area contributed by atoms with Crippen LogP contribution >= 0.6 is 0 Å². The first-order valence-corrected chi connectivity index (χ1v) is 8.37. The Hall–Kier alpha value is -2.13. The van der Waals surface area contributed by atoms with E-state index in [4.69, 9.17) is 4.74 Å². The van der Waals surface area contributed by atoms with Crippen LogP contribution in [0.25, 0.3) is 11.1 Å². The lowest BCUT2D eigenvalue weighted by Gasteiger charge is -2.26. The van der Waals surface area contributed by atoms with E-state index in [1.807, 2.05) is 48.5 Å². The summed E-state index contributed by atoms with van der Waals surface area (Å²) in [5.74, 6) is 0.826. The molecule has 0 fully saturated rings. The van der Waals surface area contributed by atoms with Gasteiger partial charge in [0.25, 0.3) is 0 Å². The van der Waals surface area contributed by atoms with Gasteiger partial charge < -0.3 is 10.1 Å². The molecule has 120 valence electrons. The molecule has 3 nitrogen and oxygen atoms in total. The number of carbonyl (C=O) groups is 1. The number of rotatable bonds is 6. The molecule has 1 heterocycles. The van der Waals surface area contributed by atoms with E-state index in [0.717, 1.165) is 36.3 Å². The van der Waals surface area contributed by atoms with Gasteiger partial charge in [-0.05, 0) is 24.6 Å². The lowest BCUT2D eigenvalue weighted by atomic mass is 9.91. The van der Waals surface area contributed by atoms with Gasteiger partial charge in [-0.25, -0.2) is 0 Å². The van der Waals surface area contributed by atoms with Crippen LogP contribution in [0.5, 0.6) is 5.75 Å². The molecule has 1 aliphatic rings. The van der Waals surface area contributed by atoms with E-state index < -0.39 is 0 Å². The van der Waals surface area contributed by atoms with E-state index in [1.54, 1.807) is 0 Å². The van der Waals surface area contributed by atoms with Crippen molar-refractivity contribution in [2.45, 2.75) is 19.8 Å². The van der Waals surface area contributed by atoms with Crippen LogP contribution in [0.3, 0.4) is 0 Å². The molecule has 0 saturated carbocycles. The SMILES string of the molecule is CCCCNC[C@H]1COc2c(cccc2-c2ccccc2)C1=O. The summed E-state index contributed by atoms with van der Waals surface area (Å²) < 4.78 is 5.99. The molecule has 0 unspecified atom stereocenters. The molecular formula is C20H23NO2. The molecule has 2 aromatic carbocycles. The molecule has 0 radical (unpaired) electrons. The highest BCUT2D eigenvalue weighted by molar-refractivity contribution is 6.03. The van der Waals surface area contributed by atoms with Gasteiger partial charge in [-0.15, -0.1) is 0 Å². The van der Waals surface area contributed by atoms with Gasteiger partial charge >= 0.3 is 0 Å². The van der Waals surface area contributed by atoms with Crippen LogP contribution in [0.4, 0.5) is 0 Å². The lowest BCUT2D eigenvalue weighted by Crippen LogP contribution is -2.36. The number of nitrogens with one attached hydrogen (secondary N) is 1. The van der Waals surface area contributed by atoms with Crippen molar-refractivity contribution in [3.05, 3.63) is 54.1 Å². The van der Waals surface area contributed by atoms with E-state index in [0.29, 0.717) is 18.7 Å². The maximum atomic E-state index is 12.7. The Labute approximate surface area is 137 Å². The number of benzene rings is 2. The summed E-state index contributed by atoms with van der Waals surface area (Å²) in [6, 6.07) is 15.9. The van der Waals surface area contributed by atoms with Crippen molar-refractivity contribution in [2.75, 3.05) is 19.7 Å². The normalized spacial score (nSPS) is 16.7. The summed E-state index contributed by atoms with van der Waals surface area (Å²) in [4.78, 5) is 12.7. The number of ketones is 1. The summed E-state index contributed by atoms with van der Waals surface area (Å²) >= 11 is 0. The Morgan fingerprint density at radius 3 is 2.65 bits per heavy atom. The molecule has 0 spiro atoms. The van der Waals surface area contributed by atoms with Gasteiger partial charge in [0.15, 0.2) is 5.78 Å². The maximum absolute atomic E-state index is 12.7. The van der Waals surface area contributed by atoms with Crippen molar-refractivity contribution in [3.8, 4) is 16.9 Å². The van der Waals surface area contributed by atoms with Gasteiger partial charge in [-0.1, -0.05) is 55.8 Å². The third kappa shape index (κ3) is 3.45. The predicted molar refractivity (Wildman–Crippen MR) is 93.0 cm³/mol. The summed E-state index contributed by atoms with van der Waals surface area (Å²) in [6.07, 6.45) is 2.29. The van der Waals surface area contributed by atoms with Crippen LogP contribution in [0.1, 0.15) is 30.1 Å². The van der Waals surface area contributed by atoms with Crippen molar-refractivity contribution >= 4 is 5.78 Å². The summed E-state index contributed by atoms with van der Waals surface area (Å²) in [6.45, 7) is 4.26. The number of hydrogen-bond acceptors (Lipinski definition) is 3. The van der Waals surface area contributed by atoms with Crippen LogP contribution in [-0.4, -0.2) is 25.5 Å². The third-order valence-electron chi connectivity index (χ3n) is 4.26. The number of ether oxygens (including phenoxy) is 1. The fourth-order valence-electron chi connectivity index (χ4n) is 2.94. The number of carbonyl (C=O) groups excluding carboxylic acids is 1. The van der Waals surface area contributed by atoms with Crippen LogP contribution in [-0.2, 0) is 0 Å². The van der Waals surface area contributed by atoms with Crippen LogP contribution in [0.15, 0.2) is 48.5 Å². The minimum atomic E-state index is -0.0922. The molecule has 3 heteroatoms. The molecule has 0 saturated heterocycles. The number of unbranched alkanes of at least 4 members (excludes halogenated alkanes) is 1. The highest BCUT2D eigenvalue weighted by Gasteiger charge is 2.30. The van der Waals surface area contributed by atoms with E-state index in [1.165, 1.54) is 0 Å². The smallest absolute Gasteiger partial charge is 0.174 e. The summed E-state index contributed by atoms with van der Waals surface area (Å²) in [5, 5.41) is 3.36. The van der Waals surface area contributed by atoms with Crippen molar-refractivity contribution in [3.63, 3.8) is 0 Å². The first-order chi connectivity index (χ1) is 11.3. The second-order valence-electron chi connectivity index (χ2n) is 5.98. The van der Waals surface area contributed by atoms with E-state index >= 15 is 0 Å². The van der Waals surface area contributed by atoms with Gasteiger partial charge in [0, 0.05) is 12.1 Å². The molecule has 0 aromatic heterocycles. The van der Waals surface area contributed by atoms with E-state index in [-0.39, 0.29) is 11.7 Å². The molecule has 0 amide bonds. The zero-order chi connectivity index (χ0) is 16.1. The number of Topliss-reactive ketones (excluding diaryl/α,β-unsaturated/α-hetero) is 1. The molecule has 23 heavy (non-hydrogen) atoms. The third-order valence-corrected chi connectivity index (χ3v) is 4.26. The Kier molecular flexibility index (Phi) is 5.09. The van der Waals surface area contributed by atoms with Gasteiger partial charge in [0.2, 0.25) is 0 Å². The second kappa shape index (κ2) is 7.42. The van der Waals surface area contributed by atoms with Crippen molar-refractivity contribution in [1.82, 2.24) is 5.32 Å². The highest BCUT2D eigenvalue weighted by atomic mass is 16.5. The number of fused-ring (bicyclic) bond motifs is 1. The summed E-state index contributed by atoms with van der Waals surface area (Å²) in [7, 11) is 0. The Bertz CT molecular complexity index is 667. The van der Waals surface area contributed by atoms with E-state index in [9.17, 15) is 4.79 Å². The fraction of sp³-hybridized carbons (Fsp3) is 0.350. The van der Waals surface area contributed by atoms with Crippen molar-refractivity contribution in [1.29, 1.82) is 0 Å². The standard InChI is InChI=1S/C20H23NO2/c1-2-3-12-21-13-16-14-23-20-17(15-8-5-4-6-9-15)10-7-11-18(20)19(16)22/h4-11,16,21H,2-3,12-14H2,1H3/t16-/m0/s1. The number of para-hydroxylation sites is 1. The Morgan fingerprint density at radius 2 is 1.87 bits per heavy atom. The lowest BCUT2D eigenvalue weighted by molar-refractivity contribution is 0.0830. The topological polar surface area (TPSA) is 38.3 Å². The Morgan fingerprint density at radius 1 is 1.09 bits per heavy atom. The van der Waals surface area contributed by atoms with Gasteiger partial charge in [0.05, 0.1) is 18.1 Å². The largest absolute Gasteiger partial charge is 0.491 e. The average Bonchev–Trinajstić information content (AvgIpc) is 2.61. The second-order valence-corrected chi connectivity index (χ2v) is 5.98. The average molecular weight is 309 g/mol. The highest BCUT2D eigenvalue weighted by Crippen LogP contribution is 2.37. The molecule has 1 atom stereocenters. The number of hydrogen-bond donors (Lipinski definition) is 1. The van der Waals surface area contributed by atoms with Crippen LogP contribution in [0, 0.1) is 5.92 Å². The van der Waals surface area contributed by atoms with Crippen molar-refractivity contribution < 1.29 is 9.53 Å². The molecule has 1 aliphatic heterocycles. The first kappa shape index (κ1) is 15.8. The summed E-state index contributed by atoms with van der Waals surface area (Å²) in [5.41, 5.74) is 2.78.